The maximum absolute atomic E-state index is 12.5. The standard InChI is InChI=1S/C19H21N3O3/c1-13-8-9-18-15(11-13)5-4-10-21(18)12-19(23)20-16-6-3-7-17(14(16)2)22(24)25/h3,6-9,11H,4-5,10,12H2,1-2H3,(H,20,23). The number of aryl methyl sites for hydroxylation is 2. The van der Waals surface area contributed by atoms with E-state index in [1.165, 1.54) is 17.2 Å². The van der Waals surface area contributed by atoms with Gasteiger partial charge in [-0.3, -0.25) is 14.9 Å². The number of nitrogens with one attached hydrogen (secondary N) is 1. The van der Waals surface area contributed by atoms with Gasteiger partial charge in [0, 0.05) is 18.3 Å². The minimum atomic E-state index is -0.436. The van der Waals surface area contributed by atoms with Gasteiger partial charge in [-0.2, -0.15) is 0 Å². The molecule has 6 heteroatoms. The average Bonchev–Trinajstić information content (AvgIpc) is 2.56. The molecule has 0 aliphatic carbocycles. The van der Waals surface area contributed by atoms with Gasteiger partial charge in [0.1, 0.15) is 0 Å². The van der Waals surface area contributed by atoms with E-state index in [0.717, 1.165) is 25.1 Å². The highest BCUT2D eigenvalue weighted by Crippen LogP contribution is 2.28. The largest absolute Gasteiger partial charge is 0.362 e. The van der Waals surface area contributed by atoms with E-state index in [9.17, 15) is 14.9 Å². The Morgan fingerprint density at radius 3 is 2.84 bits per heavy atom. The molecule has 130 valence electrons. The molecule has 0 unspecified atom stereocenters. The van der Waals surface area contributed by atoms with Gasteiger partial charge >= 0.3 is 0 Å². The molecule has 0 bridgehead atoms. The lowest BCUT2D eigenvalue weighted by atomic mass is 9.99. The topological polar surface area (TPSA) is 75.5 Å². The van der Waals surface area contributed by atoms with Crippen molar-refractivity contribution in [3.05, 3.63) is 63.2 Å². The Kier molecular flexibility index (Phi) is 4.70. The van der Waals surface area contributed by atoms with Crippen LogP contribution in [0.15, 0.2) is 36.4 Å². The van der Waals surface area contributed by atoms with Crippen LogP contribution in [-0.2, 0) is 11.2 Å². The van der Waals surface area contributed by atoms with E-state index in [2.05, 4.69) is 35.3 Å². The molecule has 0 saturated heterocycles. The molecule has 0 spiro atoms. The number of amides is 1. The lowest BCUT2D eigenvalue weighted by molar-refractivity contribution is -0.385. The second-order valence-corrected chi connectivity index (χ2v) is 6.41. The molecule has 1 amide bonds. The summed E-state index contributed by atoms with van der Waals surface area (Å²) in [4.78, 5) is 25.1. The molecule has 0 atom stereocenters. The third kappa shape index (κ3) is 3.63. The van der Waals surface area contributed by atoms with Crippen molar-refractivity contribution in [3.63, 3.8) is 0 Å². The number of hydrogen-bond acceptors (Lipinski definition) is 4. The molecule has 0 saturated carbocycles. The second kappa shape index (κ2) is 6.93. The van der Waals surface area contributed by atoms with Gasteiger partial charge in [0.05, 0.1) is 22.7 Å². The number of benzene rings is 2. The van der Waals surface area contributed by atoms with Gasteiger partial charge < -0.3 is 10.2 Å². The predicted molar refractivity (Wildman–Crippen MR) is 98.2 cm³/mol. The average molecular weight is 339 g/mol. The maximum atomic E-state index is 12.5. The molecule has 1 N–H and O–H groups in total. The van der Waals surface area contributed by atoms with E-state index >= 15 is 0 Å². The highest BCUT2D eigenvalue weighted by atomic mass is 16.6. The van der Waals surface area contributed by atoms with Gasteiger partial charge in [0.15, 0.2) is 0 Å². The van der Waals surface area contributed by atoms with Crippen LogP contribution in [0.4, 0.5) is 17.1 Å². The van der Waals surface area contributed by atoms with E-state index in [1.807, 2.05) is 0 Å². The Labute approximate surface area is 146 Å². The summed E-state index contributed by atoms with van der Waals surface area (Å²) < 4.78 is 0. The summed E-state index contributed by atoms with van der Waals surface area (Å²) in [6, 6.07) is 11.0. The van der Waals surface area contributed by atoms with Crippen molar-refractivity contribution in [3.8, 4) is 0 Å². The van der Waals surface area contributed by atoms with Gasteiger partial charge in [-0.05, 0) is 44.4 Å². The van der Waals surface area contributed by atoms with Gasteiger partial charge in [0.2, 0.25) is 5.91 Å². The second-order valence-electron chi connectivity index (χ2n) is 6.41. The predicted octanol–water partition coefficient (Wildman–Crippen LogP) is 3.60. The molecule has 0 fully saturated rings. The number of anilines is 2. The molecule has 2 aromatic rings. The van der Waals surface area contributed by atoms with Crippen LogP contribution in [0.1, 0.15) is 23.1 Å². The fourth-order valence-electron chi connectivity index (χ4n) is 3.29. The zero-order chi connectivity index (χ0) is 18.0. The number of rotatable bonds is 4. The van der Waals surface area contributed by atoms with Crippen LogP contribution in [0, 0.1) is 24.0 Å². The first-order valence-corrected chi connectivity index (χ1v) is 8.34. The summed E-state index contributed by atoms with van der Waals surface area (Å²) in [5.41, 5.74) is 4.55. The fourth-order valence-corrected chi connectivity index (χ4v) is 3.29. The Morgan fingerprint density at radius 1 is 1.28 bits per heavy atom. The van der Waals surface area contributed by atoms with Crippen molar-refractivity contribution in [1.29, 1.82) is 0 Å². The Hall–Kier alpha value is -2.89. The normalized spacial score (nSPS) is 13.3. The van der Waals surface area contributed by atoms with Crippen molar-refractivity contribution < 1.29 is 9.72 Å². The Bertz CT molecular complexity index is 833. The third-order valence-corrected chi connectivity index (χ3v) is 4.56. The number of nitro groups is 1. The maximum Gasteiger partial charge on any atom is 0.274 e. The molecule has 0 radical (unpaired) electrons. The van der Waals surface area contributed by atoms with E-state index in [1.54, 1.807) is 19.1 Å². The first-order valence-electron chi connectivity index (χ1n) is 8.34. The van der Waals surface area contributed by atoms with Crippen molar-refractivity contribution in [2.75, 3.05) is 23.3 Å². The van der Waals surface area contributed by atoms with Crippen LogP contribution in [-0.4, -0.2) is 23.9 Å². The molecule has 1 aliphatic heterocycles. The Morgan fingerprint density at radius 2 is 2.08 bits per heavy atom. The minimum absolute atomic E-state index is 0.0107. The van der Waals surface area contributed by atoms with Crippen LogP contribution in [0.25, 0.3) is 0 Å². The number of fused-ring (bicyclic) bond motifs is 1. The van der Waals surface area contributed by atoms with E-state index in [-0.39, 0.29) is 18.1 Å². The van der Waals surface area contributed by atoms with Gasteiger partial charge in [-0.1, -0.05) is 23.8 Å². The summed E-state index contributed by atoms with van der Waals surface area (Å²) in [7, 11) is 0. The van der Waals surface area contributed by atoms with Gasteiger partial charge in [-0.25, -0.2) is 0 Å². The van der Waals surface area contributed by atoms with Crippen molar-refractivity contribution in [2.45, 2.75) is 26.7 Å². The number of carbonyl (C=O) groups excluding carboxylic acids is 1. The van der Waals surface area contributed by atoms with E-state index in [0.29, 0.717) is 11.3 Å². The molecule has 1 aliphatic rings. The van der Waals surface area contributed by atoms with Crippen LogP contribution in [0.5, 0.6) is 0 Å². The number of nitrogens with zero attached hydrogens (tertiary/aromatic N) is 2. The summed E-state index contributed by atoms with van der Waals surface area (Å²) >= 11 is 0. The summed E-state index contributed by atoms with van der Waals surface area (Å²) in [5, 5.41) is 13.8. The first kappa shape index (κ1) is 17.0. The molecule has 2 aromatic carbocycles. The molecule has 3 rings (SSSR count). The molecular weight excluding hydrogens is 318 g/mol. The summed E-state index contributed by atoms with van der Waals surface area (Å²) in [6.45, 7) is 4.78. The van der Waals surface area contributed by atoms with E-state index < -0.39 is 4.92 Å². The summed E-state index contributed by atoms with van der Waals surface area (Å²) in [5.74, 6) is -0.169. The molecular formula is C19H21N3O3. The zero-order valence-corrected chi connectivity index (χ0v) is 14.4. The number of carbonyl (C=O) groups is 1. The lowest BCUT2D eigenvalue weighted by Gasteiger charge is -2.31. The molecule has 0 aromatic heterocycles. The third-order valence-electron chi connectivity index (χ3n) is 4.56. The van der Waals surface area contributed by atoms with Crippen LogP contribution in [0.2, 0.25) is 0 Å². The van der Waals surface area contributed by atoms with Crippen molar-refractivity contribution in [2.24, 2.45) is 0 Å². The first-order chi connectivity index (χ1) is 12.0. The highest BCUT2D eigenvalue weighted by Gasteiger charge is 2.20. The SMILES string of the molecule is Cc1ccc2c(c1)CCCN2CC(=O)Nc1cccc([N+](=O)[O-])c1C. The van der Waals surface area contributed by atoms with Crippen molar-refractivity contribution in [1.82, 2.24) is 0 Å². The van der Waals surface area contributed by atoms with Gasteiger partial charge in [-0.15, -0.1) is 0 Å². The van der Waals surface area contributed by atoms with Gasteiger partial charge in [0.25, 0.3) is 5.69 Å². The van der Waals surface area contributed by atoms with Crippen LogP contribution in [0.3, 0.4) is 0 Å². The zero-order valence-electron chi connectivity index (χ0n) is 14.4. The quantitative estimate of drug-likeness (QED) is 0.682. The monoisotopic (exact) mass is 339 g/mol. The number of hydrogen-bond donors (Lipinski definition) is 1. The minimum Gasteiger partial charge on any atom is -0.362 e. The van der Waals surface area contributed by atoms with E-state index in [4.69, 9.17) is 0 Å². The molecule has 6 nitrogen and oxygen atoms in total. The highest BCUT2D eigenvalue weighted by molar-refractivity contribution is 5.95. The molecule has 1 heterocycles. The van der Waals surface area contributed by atoms with Crippen molar-refractivity contribution >= 4 is 23.0 Å². The summed E-state index contributed by atoms with van der Waals surface area (Å²) in [6.07, 6.45) is 2.04. The lowest BCUT2D eigenvalue weighted by Crippen LogP contribution is -2.36. The van der Waals surface area contributed by atoms with Crippen LogP contribution >= 0.6 is 0 Å². The van der Waals surface area contributed by atoms with Crippen LogP contribution < -0.4 is 10.2 Å². The molecule has 25 heavy (non-hydrogen) atoms. The smallest absolute Gasteiger partial charge is 0.274 e. The Balaban J connectivity index is 1.75. The fraction of sp³-hybridized carbons (Fsp3) is 0.316. The number of nitro benzene ring substituents is 1.